The summed E-state index contributed by atoms with van der Waals surface area (Å²) in [6.07, 6.45) is 0.842. The Bertz CT molecular complexity index is 644. The van der Waals surface area contributed by atoms with Gasteiger partial charge in [0.2, 0.25) is 0 Å². The summed E-state index contributed by atoms with van der Waals surface area (Å²) in [5.74, 6) is -1.72. The number of hydrogen-bond acceptors (Lipinski definition) is 6. The van der Waals surface area contributed by atoms with Crippen molar-refractivity contribution in [2.24, 2.45) is 11.8 Å². The first kappa shape index (κ1) is 19.1. The molecule has 6 nitrogen and oxygen atoms in total. The molecule has 1 aliphatic carbocycles. The van der Waals surface area contributed by atoms with E-state index in [2.05, 4.69) is 13.2 Å². The lowest BCUT2D eigenvalue weighted by atomic mass is 9.73. The van der Waals surface area contributed by atoms with Crippen molar-refractivity contribution in [3.05, 3.63) is 35.5 Å². The second-order valence-electron chi connectivity index (χ2n) is 6.67. The van der Waals surface area contributed by atoms with Gasteiger partial charge in [0.15, 0.2) is 0 Å². The number of aldehydes is 1. The summed E-state index contributed by atoms with van der Waals surface area (Å²) in [7, 11) is 0. The molecule has 6 heteroatoms. The van der Waals surface area contributed by atoms with Gasteiger partial charge < -0.3 is 14.6 Å². The van der Waals surface area contributed by atoms with Crippen LogP contribution >= 0.6 is 0 Å². The monoisotopic (exact) mass is 348 g/mol. The first-order chi connectivity index (χ1) is 11.8. The smallest absolute Gasteiger partial charge is 0.334 e. The third kappa shape index (κ3) is 3.74. The highest BCUT2D eigenvalue weighted by molar-refractivity contribution is 5.92. The Kier molecular flexibility index (Phi) is 5.95. The molecule has 136 valence electrons. The zero-order valence-corrected chi connectivity index (χ0v) is 14.6. The van der Waals surface area contributed by atoms with Crippen molar-refractivity contribution < 1.29 is 29.0 Å². The third-order valence-corrected chi connectivity index (χ3v) is 4.80. The Balaban J connectivity index is 2.46. The van der Waals surface area contributed by atoms with Crippen LogP contribution in [0.25, 0.3) is 0 Å². The highest BCUT2D eigenvalue weighted by Crippen LogP contribution is 2.44. The number of aliphatic hydroxyl groups excluding tert-OH is 1. The fourth-order valence-electron chi connectivity index (χ4n) is 3.52. The average molecular weight is 348 g/mol. The molecule has 2 rings (SSSR count). The van der Waals surface area contributed by atoms with Crippen LogP contribution in [0.5, 0.6) is 0 Å². The molecule has 0 aromatic rings. The molecular formula is C19H24O6. The third-order valence-electron chi connectivity index (χ3n) is 4.80. The van der Waals surface area contributed by atoms with Crippen LogP contribution in [0.15, 0.2) is 35.5 Å². The van der Waals surface area contributed by atoms with Gasteiger partial charge in [-0.1, -0.05) is 20.1 Å². The van der Waals surface area contributed by atoms with Crippen molar-refractivity contribution in [3.63, 3.8) is 0 Å². The largest absolute Gasteiger partial charge is 0.458 e. The number of carbonyl (C=O) groups is 3. The van der Waals surface area contributed by atoms with Gasteiger partial charge in [-0.05, 0) is 36.8 Å². The highest BCUT2D eigenvalue weighted by Gasteiger charge is 2.50. The maximum atomic E-state index is 12.1. The van der Waals surface area contributed by atoms with E-state index in [0.29, 0.717) is 24.0 Å². The molecule has 4 atom stereocenters. The van der Waals surface area contributed by atoms with E-state index >= 15 is 0 Å². The van der Waals surface area contributed by atoms with Crippen LogP contribution in [0.1, 0.15) is 33.1 Å². The van der Waals surface area contributed by atoms with E-state index in [1.165, 1.54) is 6.92 Å². The Morgan fingerprint density at radius 3 is 2.76 bits per heavy atom. The quantitative estimate of drug-likeness (QED) is 0.429. The topological polar surface area (TPSA) is 89.9 Å². The molecule has 25 heavy (non-hydrogen) atoms. The zero-order valence-electron chi connectivity index (χ0n) is 14.6. The first-order valence-corrected chi connectivity index (χ1v) is 8.37. The average Bonchev–Trinajstić information content (AvgIpc) is 2.86. The van der Waals surface area contributed by atoms with E-state index in [4.69, 9.17) is 14.6 Å². The SMILES string of the molecule is C=C(C)C(=O)O[C@H]1C([C@H](C)CCCO)=C(C=O)C[C@H]2OC(=O)C(=C)[C@H]21. The lowest BCUT2D eigenvalue weighted by Crippen LogP contribution is -2.41. The molecule has 0 aromatic carbocycles. The molecule has 0 amide bonds. The normalized spacial score (nSPS) is 26.8. The van der Waals surface area contributed by atoms with Crippen LogP contribution in [-0.4, -0.2) is 42.1 Å². The molecule has 0 bridgehead atoms. The highest BCUT2D eigenvalue weighted by atomic mass is 16.6. The molecule has 1 heterocycles. The van der Waals surface area contributed by atoms with Crippen LogP contribution in [-0.2, 0) is 23.9 Å². The lowest BCUT2D eigenvalue weighted by molar-refractivity contribution is -0.147. The lowest BCUT2D eigenvalue weighted by Gasteiger charge is -2.37. The summed E-state index contributed by atoms with van der Waals surface area (Å²) in [5.41, 5.74) is 1.64. The van der Waals surface area contributed by atoms with Crippen LogP contribution in [0.2, 0.25) is 0 Å². The first-order valence-electron chi connectivity index (χ1n) is 8.37. The number of hydrogen-bond donors (Lipinski definition) is 1. The molecule has 0 saturated carbocycles. The maximum absolute atomic E-state index is 12.1. The van der Waals surface area contributed by atoms with E-state index < -0.39 is 30.1 Å². The number of esters is 2. The number of fused-ring (bicyclic) bond motifs is 1. The fraction of sp³-hybridized carbons (Fsp3) is 0.526. The molecule has 0 spiro atoms. The minimum absolute atomic E-state index is 0.0324. The van der Waals surface area contributed by atoms with Crippen molar-refractivity contribution in [2.75, 3.05) is 6.61 Å². The van der Waals surface area contributed by atoms with Gasteiger partial charge in [0.05, 0.1) is 5.92 Å². The van der Waals surface area contributed by atoms with Gasteiger partial charge >= 0.3 is 11.9 Å². The molecule has 1 N–H and O–H groups in total. The van der Waals surface area contributed by atoms with Gasteiger partial charge in [0, 0.05) is 24.2 Å². The number of carbonyl (C=O) groups excluding carboxylic acids is 3. The van der Waals surface area contributed by atoms with Crippen molar-refractivity contribution >= 4 is 18.2 Å². The summed E-state index contributed by atoms with van der Waals surface area (Å²) < 4.78 is 10.9. The van der Waals surface area contributed by atoms with Gasteiger partial charge in [0.1, 0.15) is 18.5 Å². The standard InChI is InChI=1S/C19H24O6/c1-10(2)18(22)25-17-15(11(3)6-5-7-20)13(9-21)8-14-16(17)12(4)19(23)24-14/h9,11,14,16-17,20H,1,4-8H2,2-3H3/t11-,14-,16-,17+/m1/s1. The minimum Gasteiger partial charge on any atom is -0.458 e. The molecule has 2 aliphatic rings. The summed E-state index contributed by atoms with van der Waals surface area (Å²) in [6.45, 7) is 10.9. The second kappa shape index (κ2) is 7.78. The number of rotatable bonds is 7. The predicted molar refractivity (Wildman–Crippen MR) is 90.4 cm³/mol. The van der Waals surface area contributed by atoms with Crippen molar-refractivity contribution in [3.8, 4) is 0 Å². The van der Waals surface area contributed by atoms with Gasteiger partial charge in [-0.25, -0.2) is 9.59 Å². The molecule has 1 saturated heterocycles. The molecule has 0 unspecified atom stereocenters. The van der Waals surface area contributed by atoms with Crippen LogP contribution in [0.4, 0.5) is 0 Å². The molecule has 0 aromatic heterocycles. The van der Waals surface area contributed by atoms with Gasteiger partial charge in [-0.15, -0.1) is 0 Å². The Morgan fingerprint density at radius 2 is 2.20 bits per heavy atom. The summed E-state index contributed by atoms with van der Waals surface area (Å²) >= 11 is 0. The summed E-state index contributed by atoms with van der Waals surface area (Å²) in [6, 6.07) is 0. The van der Waals surface area contributed by atoms with E-state index in [1.54, 1.807) is 0 Å². The summed E-state index contributed by atoms with van der Waals surface area (Å²) in [4.78, 5) is 35.7. The van der Waals surface area contributed by atoms with Crippen LogP contribution in [0.3, 0.4) is 0 Å². The second-order valence-corrected chi connectivity index (χ2v) is 6.67. The van der Waals surface area contributed by atoms with Crippen LogP contribution in [0, 0.1) is 11.8 Å². The van der Waals surface area contributed by atoms with Gasteiger partial charge in [-0.3, -0.25) is 4.79 Å². The molecular weight excluding hydrogens is 324 g/mol. The Hall–Kier alpha value is -2.21. The molecule has 0 radical (unpaired) electrons. The van der Waals surface area contributed by atoms with Crippen molar-refractivity contribution in [2.45, 2.75) is 45.3 Å². The van der Waals surface area contributed by atoms with Crippen LogP contribution < -0.4 is 0 Å². The fourth-order valence-corrected chi connectivity index (χ4v) is 3.52. The van der Waals surface area contributed by atoms with E-state index in [1.807, 2.05) is 6.92 Å². The van der Waals surface area contributed by atoms with Crippen molar-refractivity contribution in [1.29, 1.82) is 0 Å². The van der Waals surface area contributed by atoms with E-state index in [-0.39, 0.29) is 30.1 Å². The molecule has 1 aliphatic heterocycles. The zero-order chi connectivity index (χ0) is 18.7. The van der Waals surface area contributed by atoms with Crippen molar-refractivity contribution in [1.82, 2.24) is 0 Å². The number of aliphatic hydroxyl groups is 1. The Labute approximate surface area is 147 Å². The molecule has 1 fully saturated rings. The Morgan fingerprint density at radius 1 is 1.52 bits per heavy atom. The van der Waals surface area contributed by atoms with E-state index in [9.17, 15) is 14.4 Å². The van der Waals surface area contributed by atoms with E-state index in [0.717, 1.165) is 6.29 Å². The van der Waals surface area contributed by atoms with Gasteiger partial charge in [-0.2, -0.15) is 0 Å². The van der Waals surface area contributed by atoms with Gasteiger partial charge in [0.25, 0.3) is 0 Å². The maximum Gasteiger partial charge on any atom is 0.334 e. The number of ether oxygens (including phenoxy) is 2. The summed E-state index contributed by atoms with van der Waals surface area (Å²) in [5, 5.41) is 9.09. The minimum atomic E-state index is -0.796. The predicted octanol–water partition coefficient (Wildman–Crippen LogP) is 1.88.